The smallest absolute Gasteiger partial charge is 0.127 e. The molecular formula is C13H12ClN3O. The maximum atomic E-state index is 8.16. The van der Waals surface area contributed by atoms with Crippen molar-refractivity contribution in [1.82, 2.24) is 0 Å². The van der Waals surface area contributed by atoms with Gasteiger partial charge in [-0.2, -0.15) is 0 Å². The Balaban J connectivity index is 2.13. The Bertz CT molecular complexity index is 594. The second-order valence-electron chi connectivity index (χ2n) is 3.75. The van der Waals surface area contributed by atoms with Crippen LogP contribution in [0.4, 0.5) is 0 Å². The Labute approximate surface area is 110 Å². The lowest BCUT2D eigenvalue weighted by Gasteiger charge is -2.09. The lowest BCUT2D eigenvalue weighted by molar-refractivity contribution is 0.317. The van der Waals surface area contributed by atoms with Gasteiger partial charge >= 0.3 is 0 Å². The molecule has 0 fully saturated rings. The maximum Gasteiger partial charge on any atom is 0.127 e. The van der Waals surface area contributed by atoms with Crippen molar-refractivity contribution in [3.63, 3.8) is 0 Å². The van der Waals surface area contributed by atoms with E-state index in [2.05, 4.69) is 10.0 Å². The van der Waals surface area contributed by atoms with Gasteiger partial charge in [-0.1, -0.05) is 41.0 Å². The SMILES string of the molecule is [N-]=[N+]=NCCCOc1ccc(Cl)c2ccccc12. The summed E-state index contributed by atoms with van der Waals surface area (Å²) in [6.07, 6.45) is 0.695. The van der Waals surface area contributed by atoms with Crippen LogP contribution in [0.25, 0.3) is 21.2 Å². The number of ether oxygens (including phenoxy) is 1. The zero-order valence-electron chi connectivity index (χ0n) is 9.71. The van der Waals surface area contributed by atoms with E-state index in [9.17, 15) is 0 Å². The molecule has 0 N–H and O–H groups in total. The highest BCUT2D eigenvalue weighted by molar-refractivity contribution is 6.35. The van der Waals surface area contributed by atoms with Gasteiger partial charge in [-0.25, -0.2) is 0 Å². The molecule has 0 atom stereocenters. The van der Waals surface area contributed by atoms with Gasteiger partial charge in [0.1, 0.15) is 5.75 Å². The maximum absolute atomic E-state index is 8.16. The average molecular weight is 262 g/mol. The van der Waals surface area contributed by atoms with Crippen LogP contribution >= 0.6 is 11.6 Å². The molecule has 4 nitrogen and oxygen atoms in total. The molecule has 18 heavy (non-hydrogen) atoms. The summed E-state index contributed by atoms with van der Waals surface area (Å²) in [6, 6.07) is 11.5. The number of hydrogen-bond donors (Lipinski definition) is 0. The number of fused-ring (bicyclic) bond motifs is 1. The molecule has 2 aromatic rings. The molecule has 5 heteroatoms. The van der Waals surface area contributed by atoms with Crippen LogP contribution in [0.1, 0.15) is 6.42 Å². The zero-order valence-corrected chi connectivity index (χ0v) is 10.5. The topological polar surface area (TPSA) is 58.0 Å². The fourth-order valence-electron chi connectivity index (χ4n) is 1.72. The van der Waals surface area contributed by atoms with E-state index in [1.54, 1.807) is 0 Å². The van der Waals surface area contributed by atoms with Crippen LogP contribution in [0.2, 0.25) is 5.02 Å². The van der Waals surface area contributed by atoms with Crippen molar-refractivity contribution in [3.8, 4) is 5.75 Å². The molecule has 0 unspecified atom stereocenters. The molecule has 2 aromatic carbocycles. The monoisotopic (exact) mass is 261 g/mol. The third-order valence-electron chi connectivity index (χ3n) is 2.55. The van der Waals surface area contributed by atoms with E-state index in [1.807, 2.05) is 36.4 Å². The van der Waals surface area contributed by atoms with E-state index < -0.39 is 0 Å². The van der Waals surface area contributed by atoms with Crippen LogP contribution in [0.5, 0.6) is 5.75 Å². The standard InChI is InChI=1S/C13H12ClN3O/c14-12-6-7-13(18-9-3-8-16-17-15)11-5-2-1-4-10(11)12/h1-2,4-7H,3,8-9H2. The van der Waals surface area contributed by atoms with Crippen LogP contribution in [0.15, 0.2) is 41.5 Å². The molecule has 0 saturated heterocycles. The Kier molecular flexibility index (Phi) is 4.29. The average Bonchev–Trinajstić information content (AvgIpc) is 2.41. The molecule has 92 valence electrons. The minimum Gasteiger partial charge on any atom is -0.493 e. The highest BCUT2D eigenvalue weighted by atomic mass is 35.5. The first kappa shape index (κ1) is 12.6. The van der Waals surface area contributed by atoms with Gasteiger partial charge in [0, 0.05) is 27.3 Å². The summed E-state index contributed by atoms with van der Waals surface area (Å²) in [5, 5.41) is 6.15. The van der Waals surface area contributed by atoms with Gasteiger partial charge in [0.25, 0.3) is 0 Å². The zero-order chi connectivity index (χ0) is 12.8. The third kappa shape index (κ3) is 2.86. The van der Waals surface area contributed by atoms with Crippen LogP contribution in [-0.2, 0) is 0 Å². The number of hydrogen-bond acceptors (Lipinski definition) is 2. The second-order valence-corrected chi connectivity index (χ2v) is 4.15. The van der Waals surface area contributed by atoms with Crippen molar-refractivity contribution in [2.45, 2.75) is 6.42 Å². The van der Waals surface area contributed by atoms with Crippen molar-refractivity contribution < 1.29 is 4.74 Å². The van der Waals surface area contributed by atoms with Crippen molar-refractivity contribution in [2.24, 2.45) is 5.11 Å². The Morgan fingerprint density at radius 3 is 2.72 bits per heavy atom. The molecule has 0 bridgehead atoms. The highest BCUT2D eigenvalue weighted by Crippen LogP contribution is 2.31. The van der Waals surface area contributed by atoms with E-state index in [0.717, 1.165) is 16.5 Å². The Morgan fingerprint density at radius 1 is 1.17 bits per heavy atom. The van der Waals surface area contributed by atoms with Gasteiger partial charge in [0.05, 0.1) is 6.61 Å². The van der Waals surface area contributed by atoms with Crippen LogP contribution < -0.4 is 4.74 Å². The summed E-state index contributed by atoms with van der Waals surface area (Å²) in [5.41, 5.74) is 8.16. The molecule has 0 aromatic heterocycles. The summed E-state index contributed by atoms with van der Waals surface area (Å²) < 4.78 is 5.68. The molecule has 0 spiro atoms. The summed E-state index contributed by atoms with van der Waals surface area (Å²) in [7, 11) is 0. The summed E-state index contributed by atoms with van der Waals surface area (Å²) in [4.78, 5) is 2.69. The molecule has 0 heterocycles. The second kappa shape index (κ2) is 6.15. The van der Waals surface area contributed by atoms with Crippen LogP contribution in [-0.4, -0.2) is 13.2 Å². The molecule has 0 aliphatic rings. The first-order valence-corrected chi connectivity index (χ1v) is 6.01. The Morgan fingerprint density at radius 2 is 1.94 bits per heavy atom. The van der Waals surface area contributed by atoms with Crippen molar-refractivity contribution >= 4 is 22.4 Å². The summed E-state index contributed by atoms with van der Waals surface area (Å²) in [6.45, 7) is 0.965. The number of halogens is 1. The first-order valence-electron chi connectivity index (χ1n) is 5.64. The van der Waals surface area contributed by atoms with Gasteiger partial charge in [0.2, 0.25) is 0 Å². The van der Waals surface area contributed by atoms with Gasteiger partial charge in [-0.3, -0.25) is 0 Å². The normalized spacial score (nSPS) is 10.1. The van der Waals surface area contributed by atoms with Crippen molar-refractivity contribution in [1.29, 1.82) is 0 Å². The predicted molar refractivity (Wildman–Crippen MR) is 73.1 cm³/mol. The van der Waals surface area contributed by atoms with E-state index in [4.69, 9.17) is 21.9 Å². The fourth-order valence-corrected chi connectivity index (χ4v) is 1.95. The summed E-state index contributed by atoms with van der Waals surface area (Å²) in [5.74, 6) is 0.802. The highest BCUT2D eigenvalue weighted by Gasteiger charge is 2.04. The Hall–Kier alpha value is -1.90. The predicted octanol–water partition coefficient (Wildman–Crippen LogP) is 4.57. The molecule has 0 saturated carbocycles. The molecule has 0 radical (unpaired) electrons. The lowest BCUT2D eigenvalue weighted by Crippen LogP contribution is -1.99. The van der Waals surface area contributed by atoms with E-state index in [0.29, 0.717) is 24.6 Å². The van der Waals surface area contributed by atoms with Crippen molar-refractivity contribution in [3.05, 3.63) is 51.9 Å². The number of benzene rings is 2. The van der Waals surface area contributed by atoms with Crippen LogP contribution in [0.3, 0.4) is 0 Å². The van der Waals surface area contributed by atoms with Gasteiger partial charge in [-0.05, 0) is 24.1 Å². The summed E-state index contributed by atoms with van der Waals surface area (Å²) >= 11 is 6.12. The fraction of sp³-hybridized carbons (Fsp3) is 0.231. The number of rotatable bonds is 5. The molecule has 0 aliphatic heterocycles. The van der Waals surface area contributed by atoms with Gasteiger partial charge in [0.15, 0.2) is 0 Å². The number of nitrogens with zero attached hydrogens (tertiary/aromatic N) is 3. The lowest BCUT2D eigenvalue weighted by atomic mass is 10.1. The third-order valence-corrected chi connectivity index (χ3v) is 2.88. The molecule has 2 rings (SSSR count). The van der Waals surface area contributed by atoms with Crippen LogP contribution in [0, 0.1) is 0 Å². The molecule has 0 amide bonds. The number of azide groups is 1. The first-order chi connectivity index (χ1) is 8.83. The van der Waals surface area contributed by atoms with Crippen molar-refractivity contribution in [2.75, 3.05) is 13.2 Å². The minimum absolute atomic E-state index is 0.446. The van der Waals surface area contributed by atoms with Gasteiger partial charge in [-0.15, -0.1) is 0 Å². The quantitative estimate of drug-likeness (QED) is 0.336. The molecular weight excluding hydrogens is 250 g/mol. The van der Waals surface area contributed by atoms with E-state index in [1.165, 1.54) is 0 Å². The van der Waals surface area contributed by atoms with Gasteiger partial charge < -0.3 is 4.74 Å². The largest absolute Gasteiger partial charge is 0.493 e. The van der Waals surface area contributed by atoms with E-state index >= 15 is 0 Å². The van der Waals surface area contributed by atoms with E-state index in [-0.39, 0.29) is 0 Å². The molecule has 0 aliphatic carbocycles. The minimum atomic E-state index is 0.446.